The van der Waals surface area contributed by atoms with Crippen LogP contribution in [0.15, 0.2) is 22.3 Å². The van der Waals surface area contributed by atoms with Crippen LogP contribution in [0.5, 0.6) is 0 Å². The summed E-state index contributed by atoms with van der Waals surface area (Å²) in [6, 6.07) is 0. The van der Waals surface area contributed by atoms with Gasteiger partial charge < -0.3 is 10.5 Å². The first-order chi connectivity index (χ1) is 14.3. The molecule has 31 heavy (non-hydrogen) atoms. The molecule has 0 atom stereocenters. The van der Waals surface area contributed by atoms with Gasteiger partial charge in [0.25, 0.3) is 0 Å². The van der Waals surface area contributed by atoms with Crippen molar-refractivity contribution < 1.29 is 34.8 Å². The Morgan fingerprint density at radius 2 is 1.23 bits per heavy atom. The summed E-state index contributed by atoms with van der Waals surface area (Å²) in [5.74, 6) is 0.647. The van der Waals surface area contributed by atoms with Gasteiger partial charge in [-0.3, -0.25) is 4.79 Å². The van der Waals surface area contributed by atoms with Gasteiger partial charge in [0, 0.05) is 30.4 Å². The zero-order chi connectivity index (χ0) is 25.3. The molecule has 2 N–H and O–H groups in total. The molecule has 0 aromatic heterocycles. The molecule has 0 aliphatic carbocycles. The topological polar surface area (TPSA) is 155 Å². The second kappa shape index (κ2) is 17.4. The number of rotatable bonds is 1. The Morgan fingerprint density at radius 3 is 1.35 bits per heavy atom. The summed E-state index contributed by atoms with van der Waals surface area (Å²) in [5, 5.41) is 2.32. The van der Waals surface area contributed by atoms with Gasteiger partial charge in [0.05, 0.1) is 53.3 Å². The number of ketones is 1. The fourth-order valence-electron chi connectivity index (χ4n) is 1.98. The van der Waals surface area contributed by atoms with E-state index in [0.29, 0.717) is 24.3 Å². The van der Waals surface area contributed by atoms with E-state index in [0.717, 1.165) is 5.41 Å². The van der Waals surface area contributed by atoms with E-state index in [9.17, 15) is 30.0 Å². The van der Waals surface area contributed by atoms with Crippen molar-refractivity contribution in [2.75, 3.05) is 30.1 Å². The lowest BCUT2D eigenvalue weighted by molar-refractivity contribution is -0.115. The standard InChI is InChI=1S/C5H8O3S.C4H7NO2S.C4H6O3S.3CH3B/c1-8-5-2-3-9(6,7)4-5;2*5-4-1-2-8(6,7)3-4;3*1-2/h4H,2-3H2,1H3;3H,1-2,5H2;1-3H2;3*1H3. The van der Waals surface area contributed by atoms with Crippen LogP contribution in [0, 0.1) is 0 Å². The first kappa shape index (κ1) is 34.4. The van der Waals surface area contributed by atoms with Crippen molar-refractivity contribution in [1.82, 2.24) is 0 Å². The van der Waals surface area contributed by atoms with Crippen molar-refractivity contribution in [1.29, 1.82) is 0 Å². The van der Waals surface area contributed by atoms with Crippen molar-refractivity contribution in [3.63, 3.8) is 0 Å². The van der Waals surface area contributed by atoms with E-state index in [2.05, 4.69) is 23.5 Å². The summed E-state index contributed by atoms with van der Waals surface area (Å²) >= 11 is 0. The lowest BCUT2D eigenvalue weighted by atomic mass is 10.2. The van der Waals surface area contributed by atoms with Crippen LogP contribution in [-0.2, 0) is 39.0 Å². The second-order valence-electron chi connectivity index (χ2n) is 5.60. The highest BCUT2D eigenvalue weighted by molar-refractivity contribution is 7.94. The number of carbonyl (C=O) groups excluding carboxylic acids is 1. The zero-order valence-electron chi connectivity index (χ0n) is 18.4. The third-order valence-electron chi connectivity index (χ3n) is 3.29. The summed E-state index contributed by atoms with van der Waals surface area (Å²) in [6.07, 6.45) is 1.25. The fourth-order valence-corrected chi connectivity index (χ4v) is 5.73. The average molecular weight is 493 g/mol. The molecular formula is C16H30B3NO8S3. The maximum Gasteiger partial charge on any atom is 0.175 e. The molecule has 0 bridgehead atoms. The van der Waals surface area contributed by atoms with Gasteiger partial charge >= 0.3 is 0 Å². The lowest BCUT2D eigenvalue weighted by Crippen LogP contribution is -2.02. The quantitative estimate of drug-likeness (QED) is 0.493. The molecule has 15 heteroatoms. The monoisotopic (exact) mass is 493 g/mol. The number of hydrogen-bond donors (Lipinski definition) is 1. The molecule has 0 amide bonds. The maximum absolute atomic E-state index is 10.6. The first-order valence-corrected chi connectivity index (χ1v) is 14.2. The van der Waals surface area contributed by atoms with Gasteiger partial charge in [0.2, 0.25) is 0 Å². The van der Waals surface area contributed by atoms with Crippen LogP contribution in [0.2, 0.25) is 20.5 Å². The minimum Gasteiger partial charge on any atom is -0.500 e. The van der Waals surface area contributed by atoms with Gasteiger partial charge in [-0.2, -0.15) is 0 Å². The smallest absolute Gasteiger partial charge is 0.175 e. The van der Waals surface area contributed by atoms with Gasteiger partial charge in [-0.05, 0) is 0 Å². The Morgan fingerprint density at radius 1 is 0.774 bits per heavy atom. The van der Waals surface area contributed by atoms with E-state index in [4.69, 9.17) is 10.5 Å². The molecule has 174 valence electrons. The van der Waals surface area contributed by atoms with Gasteiger partial charge in [-0.25, -0.2) is 25.3 Å². The molecule has 9 nitrogen and oxygen atoms in total. The van der Waals surface area contributed by atoms with E-state index >= 15 is 0 Å². The number of sulfone groups is 3. The highest BCUT2D eigenvalue weighted by atomic mass is 32.2. The van der Waals surface area contributed by atoms with Crippen LogP contribution in [-0.4, -0.2) is 84.7 Å². The summed E-state index contributed by atoms with van der Waals surface area (Å²) in [5.41, 5.74) is 5.67. The third-order valence-corrected chi connectivity index (χ3v) is 7.70. The van der Waals surface area contributed by atoms with Crippen LogP contribution in [0.4, 0.5) is 0 Å². The normalized spacial score (nSPS) is 20.6. The number of carbonyl (C=O) groups is 1. The number of methoxy groups -OCH3 is 1. The number of allylic oxidation sites excluding steroid dienone is 2. The highest BCUT2D eigenvalue weighted by Crippen LogP contribution is 2.15. The van der Waals surface area contributed by atoms with Crippen LogP contribution in [0.1, 0.15) is 19.3 Å². The number of ether oxygens (including phenoxy) is 1. The van der Waals surface area contributed by atoms with E-state index in [1.807, 2.05) is 0 Å². The van der Waals surface area contributed by atoms with E-state index in [1.165, 1.54) is 33.0 Å². The van der Waals surface area contributed by atoms with Crippen molar-refractivity contribution in [2.45, 2.75) is 39.7 Å². The predicted molar refractivity (Wildman–Crippen MR) is 127 cm³/mol. The molecule has 0 saturated carbocycles. The van der Waals surface area contributed by atoms with Gasteiger partial charge in [-0.1, -0.05) is 20.5 Å². The summed E-state index contributed by atoms with van der Waals surface area (Å²) in [6.45, 7) is 4.50. The largest absolute Gasteiger partial charge is 0.500 e. The Bertz CT molecular complexity index is 896. The van der Waals surface area contributed by atoms with Crippen molar-refractivity contribution in [3.8, 4) is 0 Å². The Balaban J connectivity index is -0.000000338. The molecule has 0 aromatic rings. The lowest BCUT2D eigenvalue weighted by Gasteiger charge is -1.92. The maximum atomic E-state index is 10.6. The van der Waals surface area contributed by atoms with Crippen LogP contribution >= 0.6 is 0 Å². The molecule has 6 radical (unpaired) electrons. The molecule has 3 rings (SSSR count). The molecule has 1 fully saturated rings. The number of Topliss-reactive ketones (excluding diaryl/α,β-unsaturated/α-hetero) is 1. The van der Waals surface area contributed by atoms with E-state index in [1.54, 1.807) is 0 Å². The van der Waals surface area contributed by atoms with Gasteiger partial charge in [0.1, 0.15) is 17.3 Å². The molecular weight excluding hydrogens is 463 g/mol. The SMILES string of the molecule is COC1=CS(=O)(=O)CC1.NC1=CS(=O)(=O)CC1.O=C1CCS(=O)(=O)C1.[B]C.[B]C.[B]C. The Labute approximate surface area is 191 Å². The fraction of sp³-hybridized carbons (Fsp3) is 0.688. The summed E-state index contributed by atoms with van der Waals surface area (Å²) < 4.78 is 67.8. The molecule has 0 aromatic carbocycles. The summed E-state index contributed by atoms with van der Waals surface area (Å²) in [4.78, 5) is 10.3. The highest BCUT2D eigenvalue weighted by Gasteiger charge is 2.24. The van der Waals surface area contributed by atoms with Crippen molar-refractivity contribution in [3.05, 3.63) is 22.3 Å². The van der Waals surface area contributed by atoms with E-state index < -0.39 is 29.5 Å². The predicted octanol–water partition coefficient (Wildman–Crippen LogP) is -0.119. The van der Waals surface area contributed by atoms with Gasteiger partial charge in [0.15, 0.2) is 29.5 Å². The molecule has 3 aliphatic rings. The molecule has 0 unspecified atom stereocenters. The second-order valence-corrected chi connectivity index (χ2v) is 11.7. The van der Waals surface area contributed by atoms with Crippen LogP contribution in [0.3, 0.4) is 0 Å². The number of hydrogen-bond acceptors (Lipinski definition) is 9. The minimum absolute atomic E-state index is 0.0613. The first-order valence-electron chi connectivity index (χ1n) is 8.95. The summed E-state index contributed by atoms with van der Waals surface area (Å²) in [7, 11) is 6.26. The Hall–Kier alpha value is -1.21. The van der Waals surface area contributed by atoms with Crippen molar-refractivity contribution in [2.24, 2.45) is 5.73 Å². The Kier molecular flexibility index (Phi) is 19.3. The van der Waals surface area contributed by atoms with E-state index in [-0.39, 0.29) is 35.2 Å². The molecule has 3 aliphatic heterocycles. The van der Waals surface area contributed by atoms with Gasteiger partial charge in [-0.15, -0.1) is 0 Å². The molecule has 0 spiro atoms. The minimum atomic E-state index is -2.95. The number of nitrogens with two attached hydrogens (primary N) is 1. The van der Waals surface area contributed by atoms with Crippen LogP contribution in [0.25, 0.3) is 0 Å². The average Bonchev–Trinajstić information content (AvgIpc) is 3.35. The molecule has 3 heterocycles. The molecule has 1 saturated heterocycles. The zero-order valence-corrected chi connectivity index (χ0v) is 20.9. The van der Waals surface area contributed by atoms with Crippen LogP contribution < -0.4 is 5.73 Å². The third kappa shape index (κ3) is 18.1. The van der Waals surface area contributed by atoms with Crippen molar-refractivity contribution >= 4 is 58.8 Å².